The van der Waals surface area contributed by atoms with Crippen LogP contribution in [0.25, 0.3) is 0 Å². The minimum absolute atomic E-state index is 0.0225. The Morgan fingerprint density at radius 3 is 3.00 bits per heavy atom. The summed E-state index contributed by atoms with van der Waals surface area (Å²) in [5, 5.41) is 6.25. The molecule has 2 unspecified atom stereocenters. The van der Waals surface area contributed by atoms with Gasteiger partial charge in [-0.15, -0.1) is 0 Å². The maximum absolute atomic E-state index is 13.6. The number of ether oxygens (including phenoxy) is 1. The van der Waals surface area contributed by atoms with E-state index in [0.717, 1.165) is 18.7 Å². The molecule has 1 heterocycles. The number of piperidine rings is 1. The topological polar surface area (TPSA) is 50.4 Å². The Morgan fingerprint density at radius 1 is 1.55 bits per heavy atom. The highest BCUT2D eigenvalue weighted by Crippen LogP contribution is 2.22. The number of carbonyl (C=O) groups is 1. The molecule has 1 fully saturated rings. The molecule has 0 radical (unpaired) electrons. The van der Waals surface area contributed by atoms with Crippen molar-refractivity contribution in [3.05, 3.63) is 29.6 Å². The van der Waals surface area contributed by atoms with E-state index in [1.165, 1.54) is 26.0 Å². The van der Waals surface area contributed by atoms with Crippen LogP contribution in [0.4, 0.5) is 4.39 Å². The van der Waals surface area contributed by atoms with Gasteiger partial charge >= 0.3 is 0 Å². The highest BCUT2D eigenvalue weighted by molar-refractivity contribution is 5.76. The van der Waals surface area contributed by atoms with E-state index in [4.69, 9.17) is 4.74 Å². The number of carbonyl (C=O) groups excluding carboxylic acids is 1. The minimum Gasteiger partial charge on any atom is -0.494 e. The summed E-state index contributed by atoms with van der Waals surface area (Å²) in [4.78, 5) is 12.0. The van der Waals surface area contributed by atoms with Gasteiger partial charge in [-0.25, -0.2) is 4.39 Å². The van der Waals surface area contributed by atoms with Crippen LogP contribution in [0.5, 0.6) is 5.75 Å². The van der Waals surface area contributed by atoms with Gasteiger partial charge < -0.3 is 15.4 Å². The van der Waals surface area contributed by atoms with E-state index < -0.39 is 5.82 Å². The molecule has 5 heteroatoms. The van der Waals surface area contributed by atoms with Crippen LogP contribution in [0.2, 0.25) is 0 Å². The monoisotopic (exact) mass is 308 g/mol. The van der Waals surface area contributed by atoms with E-state index in [0.29, 0.717) is 24.8 Å². The van der Waals surface area contributed by atoms with Crippen molar-refractivity contribution in [1.29, 1.82) is 0 Å². The van der Waals surface area contributed by atoms with Crippen molar-refractivity contribution >= 4 is 5.91 Å². The van der Waals surface area contributed by atoms with Crippen LogP contribution in [-0.4, -0.2) is 26.1 Å². The standard InChI is InChI=1S/C17H25FN2O2/c1-12(14-4-3-7-19-11-14)8-17(21)20-10-13-5-6-16(22-2)15(18)9-13/h5-6,9,12,14,19H,3-4,7-8,10-11H2,1-2H3,(H,20,21). The van der Waals surface area contributed by atoms with Gasteiger partial charge in [0, 0.05) is 13.0 Å². The van der Waals surface area contributed by atoms with Gasteiger partial charge in [-0.1, -0.05) is 13.0 Å². The zero-order valence-electron chi connectivity index (χ0n) is 13.3. The largest absolute Gasteiger partial charge is 0.494 e. The molecule has 1 saturated heterocycles. The molecule has 4 nitrogen and oxygen atoms in total. The molecule has 1 aromatic rings. The summed E-state index contributed by atoms with van der Waals surface area (Å²) >= 11 is 0. The molecular weight excluding hydrogens is 283 g/mol. The Morgan fingerprint density at radius 2 is 2.36 bits per heavy atom. The van der Waals surface area contributed by atoms with Crippen LogP contribution in [0, 0.1) is 17.7 Å². The maximum Gasteiger partial charge on any atom is 0.220 e. The summed E-state index contributed by atoms with van der Waals surface area (Å²) in [6.07, 6.45) is 2.89. The third-order valence-corrected chi connectivity index (χ3v) is 4.35. The summed E-state index contributed by atoms with van der Waals surface area (Å²) in [6.45, 7) is 4.55. The van der Waals surface area contributed by atoms with Crippen molar-refractivity contribution in [1.82, 2.24) is 10.6 Å². The number of methoxy groups -OCH3 is 1. The van der Waals surface area contributed by atoms with E-state index >= 15 is 0 Å². The van der Waals surface area contributed by atoms with Crippen molar-refractivity contribution in [3.63, 3.8) is 0 Å². The Labute approximate surface area is 131 Å². The molecule has 0 aliphatic carbocycles. The lowest BCUT2D eigenvalue weighted by atomic mass is 9.85. The highest BCUT2D eigenvalue weighted by atomic mass is 19.1. The molecule has 1 amide bonds. The van der Waals surface area contributed by atoms with Gasteiger partial charge in [0.1, 0.15) is 0 Å². The van der Waals surface area contributed by atoms with Crippen LogP contribution in [0.1, 0.15) is 31.7 Å². The van der Waals surface area contributed by atoms with E-state index in [9.17, 15) is 9.18 Å². The lowest BCUT2D eigenvalue weighted by Gasteiger charge is -2.28. The molecule has 0 bridgehead atoms. The predicted octanol–water partition coefficient (Wildman–Crippen LogP) is 2.48. The normalized spacial score (nSPS) is 19.5. The van der Waals surface area contributed by atoms with Gasteiger partial charge in [0.25, 0.3) is 0 Å². The van der Waals surface area contributed by atoms with Crippen molar-refractivity contribution in [2.24, 2.45) is 11.8 Å². The first-order valence-corrected chi connectivity index (χ1v) is 7.90. The summed E-state index contributed by atoms with van der Waals surface area (Å²) in [5.74, 6) is 0.761. The lowest BCUT2D eigenvalue weighted by Crippen LogP contribution is -2.35. The maximum atomic E-state index is 13.6. The number of hydrogen-bond donors (Lipinski definition) is 2. The van der Waals surface area contributed by atoms with E-state index in [1.807, 2.05) is 0 Å². The molecule has 0 aromatic heterocycles. The molecule has 122 valence electrons. The average Bonchev–Trinajstić information content (AvgIpc) is 2.54. The molecule has 1 aliphatic heterocycles. The van der Waals surface area contributed by atoms with Gasteiger partial charge in [-0.05, 0) is 55.5 Å². The number of amides is 1. The number of benzene rings is 1. The second-order valence-electron chi connectivity index (χ2n) is 6.03. The molecule has 2 atom stereocenters. The van der Waals surface area contributed by atoms with Gasteiger partial charge in [-0.3, -0.25) is 4.79 Å². The van der Waals surface area contributed by atoms with Gasteiger partial charge in [-0.2, -0.15) is 0 Å². The Balaban J connectivity index is 1.78. The first-order valence-electron chi connectivity index (χ1n) is 7.90. The molecule has 1 aromatic carbocycles. The lowest BCUT2D eigenvalue weighted by molar-refractivity contribution is -0.122. The highest BCUT2D eigenvalue weighted by Gasteiger charge is 2.21. The van der Waals surface area contributed by atoms with E-state index in [-0.39, 0.29) is 11.7 Å². The summed E-state index contributed by atoms with van der Waals surface area (Å²) in [6, 6.07) is 4.73. The van der Waals surface area contributed by atoms with Crippen LogP contribution < -0.4 is 15.4 Å². The molecule has 2 N–H and O–H groups in total. The number of rotatable bonds is 6. The van der Waals surface area contributed by atoms with Crippen molar-refractivity contribution in [3.8, 4) is 5.75 Å². The van der Waals surface area contributed by atoms with Crippen LogP contribution in [-0.2, 0) is 11.3 Å². The Kier molecular flexibility index (Phi) is 6.19. The average molecular weight is 308 g/mol. The van der Waals surface area contributed by atoms with Crippen molar-refractivity contribution < 1.29 is 13.9 Å². The molecule has 0 saturated carbocycles. The van der Waals surface area contributed by atoms with Gasteiger partial charge in [0.2, 0.25) is 5.91 Å². The van der Waals surface area contributed by atoms with Crippen molar-refractivity contribution in [2.45, 2.75) is 32.7 Å². The summed E-state index contributed by atoms with van der Waals surface area (Å²) < 4.78 is 18.5. The Hall–Kier alpha value is -1.62. The predicted molar refractivity (Wildman–Crippen MR) is 84.2 cm³/mol. The first kappa shape index (κ1) is 16.7. The first-order chi connectivity index (χ1) is 10.6. The number of nitrogens with one attached hydrogen (secondary N) is 2. The Bertz CT molecular complexity index is 501. The third-order valence-electron chi connectivity index (χ3n) is 4.35. The second-order valence-corrected chi connectivity index (χ2v) is 6.03. The fourth-order valence-corrected chi connectivity index (χ4v) is 2.92. The fourth-order valence-electron chi connectivity index (χ4n) is 2.92. The summed E-state index contributed by atoms with van der Waals surface area (Å²) in [7, 11) is 1.43. The zero-order valence-corrected chi connectivity index (χ0v) is 13.3. The van der Waals surface area contributed by atoms with Gasteiger partial charge in [0.15, 0.2) is 11.6 Å². The smallest absolute Gasteiger partial charge is 0.220 e. The molecule has 1 aliphatic rings. The molecule has 2 rings (SSSR count). The van der Waals surface area contributed by atoms with E-state index in [2.05, 4.69) is 17.6 Å². The zero-order chi connectivity index (χ0) is 15.9. The van der Waals surface area contributed by atoms with E-state index in [1.54, 1.807) is 12.1 Å². The second kappa shape index (κ2) is 8.13. The fraction of sp³-hybridized carbons (Fsp3) is 0.588. The quantitative estimate of drug-likeness (QED) is 0.849. The van der Waals surface area contributed by atoms with Gasteiger partial charge in [0.05, 0.1) is 7.11 Å². The summed E-state index contributed by atoms with van der Waals surface area (Å²) in [5.41, 5.74) is 0.735. The van der Waals surface area contributed by atoms with Crippen LogP contribution in [0.15, 0.2) is 18.2 Å². The SMILES string of the molecule is COc1ccc(CNC(=O)CC(C)C2CCCNC2)cc1F. The third kappa shape index (κ3) is 4.70. The molecular formula is C17H25FN2O2. The number of hydrogen-bond acceptors (Lipinski definition) is 3. The van der Waals surface area contributed by atoms with Crippen LogP contribution in [0.3, 0.4) is 0 Å². The number of halogens is 1. The minimum atomic E-state index is -0.407. The molecule has 0 spiro atoms. The molecule has 22 heavy (non-hydrogen) atoms. The van der Waals surface area contributed by atoms with Crippen molar-refractivity contribution in [2.75, 3.05) is 20.2 Å². The van der Waals surface area contributed by atoms with Crippen LogP contribution >= 0.6 is 0 Å².